The number of carbonyl (C=O) groups excluding carboxylic acids is 1. The van der Waals surface area contributed by atoms with Crippen molar-refractivity contribution in [2.75, 3.05) is 13.2 Å². The third-order valence-corrected chi connectivity index (χ3v) is 5.04. The van der Waals surface area contributed by atoms with Crippen molar-refractivity contribution in [2.45, 2.75) is 30.5 Å². The van der Waals surface area contributed by atoms with E-state index in [4.69, 9.17) is 4.74 Å². The number of nitrogens with one attached hydrogen (secondary N) is 1. The fraction of sp³-hybridized carbons (Fsp3) is 0.500. The van der Waals surface area contributed by atoms with Gasteiger partial charge in [-0.05, 0) is 43.7 Å². The van der Waals surface area contributed by atoms with E-state index in [-0.39, 0.29) is 10.8 Å². The highest BCUT2D eigenvalue weighted by Gasteiger charge is 2.22. The molecule has 1 N–H and O–H groups in total. The minimum absolute atomic E-state index is 0.159. The van der Waals surface area contributed by atoms with Gasteiger partial charge in [0.1, 0.15) is 11.6 Å². The van der Waals surface area contributed by atoms with E-state index in [0.717, 1.165) is 5.03 Å². The zero-order chi connectivity index (χ0) is 13.4. The lowest BCUT2D eigenvalue weighted by Gasteiger charge is -2.22. The van der Waals surface area contributed by atoms with Gasteiger partial charge in [-0.1, -0.05) is 16.9 Å². The van der Waals surface area contributed by atoms with Crippen molar-refractivity contribution in [3.63, 3.8) is 0 Å². The quantitative estimate of drug-likeness (QED) is 0.813. The van der Waals surface area contributed by atoms with Crippen LogP contribution in [0.2, 0.25) is 0 Å². The van der Waals surface area contributed by atoms with Crippen LogP contribution in [0.3, 0.4) is 0 Å². The molecule has 0 atom stereocenters. The van der Waals surface area contributed by atoms with Crippen LogP contribution in [0.1, 0.15) is 20.8 Å². The summed E-state index contributed by atoms with van der Waals surface area (Å²) in [5, 5.41) is 3.55. The fourth-order valence-electron chi connectivity index (χ4n) is 1.01. The molecule has 0 bridgehead atoms. The number of amides is 1. The Kier molecular flexibility index (Phi) is 6.35. The summed E-state index contributed by atoms with van der Waals surface area (Å²) in [6, 6.07) is 5.80. The van der Waals surface area contributed by atoms with Gasteiger partial charge in [-0.2, -0.15) is 0 Å². The van der Waals surface area contributed by atoms with Crippen LogP contribution in [-0.2, 0) is 4.74 Å². The number of hydrogen-bond acceptors (Lipinski definition) is 5. The molecule has 1 heterocycles. The molecular formula is C12H18N2O2S2. The van der Waals surface area contributed by atoms with Crippen LogP contribution in [0, 0.1) is 0 Å². The lowest BCUT2D eigenvalue weighted by molar-refractivity contribution is 0.139. The van der Waals surface area contributed by atoms with Gasteiger partial charge in [0.25, 0.3) is 0 Å². The maximum atomic E-state index is 11.2. The summed E-state index contributed by atoms with van der Waals surface area (Å²) in [5.74, 6) is 0. The Morgan fingerprint density at radius 1 is 1.50 bits per heavy atom. The fourth-order valence-corrected chi connectivity index (χ4v) is 3.04. The van der Waals surface area contributed by atoms with Gasteiger partial charge in [0, 0.05) is 12.7 Å². The molecule has 1 rings (SSSR count). The molecule has 4 nitrogen and oxygen atoms in total. The van der Waals surface area contributed by atoms with Crippen LogP contribution < -0.4 is 5.32 Å². The summed E-state index contributed by atoms with van der Waals surface area (Å²) in [6.45, 7) is 6.87. The van der Waals surface area contributed by atoms with Gasteiger partial charge in [0.05, 0.1) is 4.75 Å². The number of alkyl carbamates (subject to hydrolysis) is 1. The molecule has 1 amide bonds. The number of rotatable bonds is 6. The molecular weight excluding hydrogens is 268 g/mol. The molecule has 0 fully saturated rings. The van der Waals surface area contributed by atoms with E-state index in [0.29, 0.717) is 13.2 Å². The molecule has 0 radical (unpaired) electrons. The molecule has 0 aliphatic heterocycles. The molecule has 6 heteroatoms. The normalized spacial score (nSPS) is 11.1. The molecule has 0 spiro atoms. The molecule has 18 heavy (non-hydrogen) atoms. The summed E-state index contributed by atoms with van der Waals surface area (Å²) in [5.41, 5.74) is 0. The largest absolute Gasteiger partial charge is 0.448 e. The van der Waals surface area contributed by atoms with Crippen LogP contribution in [0.4, 0.5) is 4.79 Å². The molecule has 1 aromatic heterocycles. The van der Waals surface area contributed by atoms with E-state index in [1.54, 1.807) is 27.8 Å². The Labute approximate surface area is 116 Å². The predicted octanol–water partition coefficient (Wildman–Crippen LogP) is 3.35. The first-order valence-electron chi connectivity index (χ1n) is 5.71. The van der Waals surface area contributed by atoms with Crippen molar-refractivity contribution in [3.8, 4) is 0 Å². The third kappa shape index (κ3) is 6.16. The number of carbonyl (C=O) groups is 1. The van der Waals surface area contributed by atoms with Crippen molar-refractivity contribution >= 4 is 27.7 Å². The zero-order valence-corrected chi connectivity index (χ0v) is 12.4. The van der Waals surface area contributed by atoms with E-state index in [2.05, 4.69) is 10.3 Å². The summed E-state index contributed by atoms with van der Waals surface area (Å²) < 4.78 is 4.97. The van der Waals surface area contributed by atoms with E-state index >= 15 is 0 Å². The molecule has 0 aromatic carbocycles. The lowest BCUT2D eigenvalue weighted by Crippen LogP contribution is -2.30. The van der Waals surface area contributed by atoms with Crippen molar-refractivity contribution in [3.05, 3.63) is 24.4 Å². The molecule has 100 valence electrons. The average molecular weight is 286 g/mol. The Morgan fingerprint density at radius 3 is 2.89 bits per heavy atom. The van der Waals surface area contributed by atoms with Gasteiger partial charge in [-0.25, -0.2) is 9.78 Å². The molecule has 0 aliphatic rings. The zero-order valence-electron chi connectivity index (χ0n) is 10.8. The van der Waals surface area contributed by atoms with E-state index in [1.165, 1.54) is 0 Å². The Hall–Kier alpha value is -0.880. The smallest absolute Gasteiger partial charge is 0.407 e. The van der Waals surface area contributed by atoms with Gasteiger partial charge in [0.2, 0.25) is 0 Å². The number of nitrogens with zero attached hydrogens (tertiary/aromatic N) is 1. The minimum Gasteiger partial charge on any atom is -0.448 e. The predicted molar refractivity (Wildman–Crippen MR) is 76.8 cm³/mol. The first-order valence-corrected chi connectivity index (χ1v) is 7.86. The number of aromatic nitrogens is 1. The summed E-state index contributed by atoms with van der Waals surface area (Å²) >= 11 is 0. The summed E-state index contributed by atoms with van der Waals surface area (Å²) in [4.78, 5) is 15.4. The Bertz CT molecular complexity index is 372. The number of pyridine rings is 1. The topological polar surface area (TPSA) is 51.2 Å². The second kappa shape index (κ2) is 7.53. The maximum absolute atomic E-state index is 11.2. The summed E-state index contributed by atoms with van der Waals surface area (Å²) in [6.07, 6.45) is 1.40. The van der Waals surface area contributed by atoms with Crippen LogP contribution in [0.25, 0.3) is 0 Å². The SMILES string of the molecule is CCNC(=O)OCC(C)(C)SSc1ccccn1. The van der Waals surface area contributed by atoms with E-state index in [9.17, 15) is 4.79 Å². The van der Waals surface area contributed by atoms with Crippen molar-refractivity contribution in [2.24, 2.45) is 0 Å². The van der Waals surface area contributed by atoms with Gasteiger partial charge in [-0.3, -0.25) is 0 Å². The van der Waals surface area contributed by atoms with E-state index in [1.807, 2.05) is 39.0 Å². The van der Waals surface area contributed by atoms with E-state index < -0.39 is 0 Å². The highest BCUT2D eigenvalue weighted by atomic mass is 33.1. The summed E-state index contributed by atoms with van der Waals surface area (Å²) in [7, 11) is 3.23. The average Bonchev–Trinajstić information content (AvgIpc) is 2.36. The molecule has 0 saturated heterocycles. The molecule has 0 unspecified atom stereocenters. The van der Waals surface area contributed by atoms with Crippen molar-refractivity contribution in [1.29, 1.82) is 0 Å². The molecule has 1 aromatic rings. The van der Waals surface area contributed by atoms with Crippen molar-refractivity contribution < 1.29 is 9.53 Å². The highest BCUT2D eigenvalue weighted by Crippen LogP contribution is 2.39. The third-order valence-electron chi connectivity index (χ3n) is 1.86. The number of ether oxygens (including phenoxy) is 1. The van der Waals surface area contributed by atoms with Gasteiger partial charge in [0.15, 0.2) is 0 Å². The highest BCUT2D eigenvalue weighted by molar-refractivity contribution is 8.77. The second-order valence-electron chi connectivity index (χ2n) is 4.20. The van der Waals surface area contributed by atoms with Crippen molar-refractivity contribution in [1.82, 2.24) is 10.3 Å². The van der Waals surface area contributed by atoms with Crippen LogP contribution in [0.15, 0.2) is 29.4 Å². The molecule has 0 saturated carbocycles. The standard InChI is InChI=1S/C12H18N2O2S2/c1-4-13-11(15)16-9-12(2,3)18-17-10-7-5-6-8-14-10/h5-8H,4,9H2,1-3H3,(H,13,15). The lowest BCUT2D eigenvalue weighted by atomic mass is 10.2. The van der Waals surface area contributed by atoms with Crippen LogP contribution >= 0.6 is 21.6 Å². The monoisotopic (exact) mass is 286 g/mol. The first kappa shape index (κ1) is 15.2. The second-order valence-corrected chi connectivity index (χ2v) is 7.06. The molecule has 0 aliphatic carbocycles. The van der Waals surface area contributed by atoms with Crippen LogP contribution in [0.5, 0.6) is 0 Å². The Morgan fingerprint density at radius 2 is 2.28 bits per heavy atom. The van der Waals surface area contributed by atoms with Gasteiger partial charge >= 0.3 is 6.09 Å². The van der Waals surface area contributed by atoms with Gasteiger partial charge in [-0.15, -0.1) is 0 Å². The maximum Gasteiger partial charge on any atom is 0.407 e. The van der Waals surface area contributed by atoms with Gasteiger partial charge < -0.3 is 10.1 Å². The first-order chi connectivity index (χ1) is 8.53. The number of hydrogen-bond donors (Lipinski definition) is 1. The Balaban J connectivity index is 2.33. The minimum atomic E-state index is -0.367. The van der Waals surface area contributed by atoms with Crippen LogP contribution in [-0.4, -0.2) is 29.0 Å².